The first kappa shape index (κ1) is 10.8. The van der Waals surface area contributed by atoms with E-state index in [-0.39, 0.29) is 11.9 Å². The highest BCUT2D eigenvalue weighted by molar-refractivity contribution is 7.99. The van der Waals surface area contributed by atoms with Crippen molar-refractivity contribution in [2.45, 2.75) is 6.04 Å². The fraction of sp³-hybridized carbons (Fsp3) is 0.778. The Morgan fingerprint density at radius 3 is 2.60 bits per heavy atom. The number of rotatable bonds is 2. The minimum atomic E-state index is -0.0159. The number of carbonyl (C=O) groups excluding carboxylic acids is 2. The van der Waals surface area contributed by atoms with E-state index in [1.54, 1.807) is 16.7 Å². The van der Waals surface area contributed by atoms with Crippen molar-refractivity contribution in [1.82, 2.24) is 15.1 Å². The van der Waals surface area contributed by atoms with Crippen LogP contribution in [0.2, 0.25) is 0 Å². The van der Waals surface area contributed by atoms with E-state index in [1.165, 1.54) is 0 Å². The van der Waals surface area contributed by atoms with E-state index in [1.807, 2.05) is 4.90 Å². The van der Waals surface area contributed by atoms with Crippen molar-refractivity contribution in [2.75, 3.05) is 37.8 Å². The van der Waals surface area contributed by atoms with E-state index in [0.29, 0.717) is 26.2 Å². The zero-order valence-electron chi connectivity index (χ0n) is 8.52. The SMILES string of the molecule is O=CN1CCN(C(=O)C2CSCN2)CC1. The van der Waals surface area contributed by atoms with Crippen LogP contribution < -0.4 is 5.32 Å². The fourth-order valence-corrected chi connectivity index (χ4v) is 2.75. The summed E-state index contributed by atoms with van der Waals surface area (Å²) in [6.07, 6.45) is 0.853. The van der Waals surface area contributed by atoms with Crippen LogP contribution in [0.5, 0.6) is 0 Å². The van der Waals surface area contributed by atoms with Crippen LogP contribution in [0, 0.1) is 0 Å². The number of carbonyl (C=O) groups is 2. The van der Waals surface area contributed by atoms with Crippen LogP contribution in [0.25, 0.3) is 0 Å². The largest absolute Gasteiger partial charge is 0.342 e. The average molecular weight is 229 g/mol. The normalized spacial score (nSPS) is 26.8. The molecule has 0 radical (unpaired) electrons. The van der Waals surface area contributed by atoms with Gasteiger partial charge >= 0.3 is 0 Å². The van der Waals surface area contributed by atoms with E-state index < -0.39 is 0 Å². The molecule has 0 aromatic heterocycles. The van der Waals surface area contributed by atoms with Crippen LogP contribution in [0.15, 0.2) is 0 Å². The first-order valence-corrected chi connectivity index (χ1v) is 6.26. The van der Waals surface area contributed by atoms with Gasteiger partial charge < -0.3 is 9.80 Å². The molecule has 2 amide bonds. The Bertz CT molecular complexity index is 248. The van der Waals surface area contributed by atoms with Gasteiger partial charge in [0.2, 0.25) is 12.3 Å². The molecule has 0 spiro atoms. The molecule has 2 aliphatic heterocycles. The topological polar surface area (TPSA) is 52.7 Å². The molecule has 2 rings (SSSR count). The quantitative estimate of drug-likeness (QED) is 0.614. The standard InChI is InChI=1S/C9H15N3O2S/c13-7-11-1-3-12(4-2-11)9(14)8-5-15-6-10-8/h7-8,10H,1-6H2. The van der Waals surface area contributed by atoms with Crippen LogP contribution in [-0.2, 0) is 9.59 Å². The summed E-state index contributed by atoms with van der Waals surface area (Å²) in [6, 6.07) is -0.0159. The number of thioether (sulfide) groups is 1. The van der Waals surface area contributed by atoms with Gasteiger partial charge in [-0.3, -0.25) is 14.9 Å². The first-order valence-electron chi connectivity index (χ1n) is 5.10. The van der Waals surface area contributed by atoms with Crippen molar-refractivity contribution in [1.29, 1.82) is 0 Å². The van der Waals surface area contributed by atoms with Crippen LogP contribution in [-0.4, -0.2) is 66.0 Å². The molecule has 6 heteroatoms. The van der Waals surface area contributed by atoms with Gasteiger partial charge in [-0.2, -0.15) is 0 Å². The summed E-state index contributed by atoms with van der Waals surface area (Å²) in [7, 11) is 0. The average Bonchev–Trinajstić information content (AvgIpc) is 2.82. The maximum absolute atomic E-state index is 11.9. The van der Waals surface area contributed by atoms with Gasteiger partial charge in [0, 0.05) is 37.8 Å². The molecule has 0 aromatic carbocycles. The Morgan fingerprint density at radius 2 is 2.07 bits per heavy atom. The third-order valence-corrected chi connectivity index (χ3v) is 3.73. The van der Waals surface area contributed by atoms with Gasteiger partial charge in [0.1, 0.15) is 0 Å². The summed E-state index contributed by atoms with van der Waals surface area (Å²) in [5.41, 5.74) is 0. The predicted molar refractivity (Wildman–Crippen MR) is 58.5 cm³/mol. The monoisotopic (exact) mass is 229 g/mol. The number of nitrogens with one attached hydrogen (secondary N) is 1. The second-order valence-corrected chi connectivity index (χ2v) is 4.77. The molecule has 1 N–H and O–H groups in total. The molecule has 0 saturated carbocycles. The van der Waals surface area contributed by atoms with Gasteiger partial charge in [-0.15, -0.1) is 11.8 Å². The number of hydrogen-bond acceptors (Lipinski definition) is 4. The molecule has 1 atom stereocenters. The fourth-order valence-electron chi connectivity index (χ4n) is 1.82. The minimum Gasteiger partial charge on any atom is -0.342 e. The van der Waals surface area contributed by atoms with Crippen molar-refractivity contribution >= 4 is 24.1 Å². The van der Waals surface area contributed by atoms with Gasteiger partial charge in [-0.05, 0) is 0 Å². The molecule has 1 unspecified atom stereocenters. The van der Waals surface area contributed by atoms with E-state index >= 15 is 0 Å². The lowest BCUT2D eigenvalue weighted by Crippen LogP contribution is -2.53. The van der Waals surface area contributed by atoms with Crippen molar-refractivity contribution < 1.29 is 9.59 Å². The summed E-state index contributed by atoms with van der Waals surface area (Å²) in [5.74, 6) is 1.92. The van der Waals surface area contributed by atoms with Crippen LogP contribution in [0.1, 0.15) is 0 Å². The van der Waals surface area contributed by atoms with Gasteiger partial charge in [-0.1, -0.05) is 0 Å². The molecule has 84 valence electrons. The summed E-state index contributed by atoms with van der Waals surface area (Å²) in [5, 5.41) is 3.17. The van der Waals surface area contributed by atoms with Crippen molar-refractivity contribution in [3.05, 3.63) is 0 Å². The second-order valence-electron chi connectivity index (χ2n) is 3.74. The van der Waals surface area contributed by atoms with Gasteiger partial charge in [0.05, 0.1) is 6.04 Å². The van der Waals surface area contributed by atoms with Crippen molar-refractivity contribution in [3.63, 3.8) is 0 Å². The lowest BCUT2D eigenvalue weighted by atomic mass is 10.2. The molecule has 5 nitrogen and oxygen atoms in total. The summed E-state index contributed by atoms with van der Waals surface area (Å²) in [6.45, 7) is 2.66. The number of nitrogens with zero attached hydrogens (tertiary/aromatic N) is 2. The highest BCUT2D eigenvalue weighted by Gasteiger charge is 2.29. The molecular weight excluding hydrogens is 214 g/mol. The second kappa shape index (κ2) is 4.85. The molecule has 2 heterocycles. The summed E-state index contributed by atoms with van der Waals surface area (Å²) in [4.78, 5) is 26.0. The predicted octanol–water partition coefficient (Wildman–Crippen LogP) is -1.05. The van der Waals surface area contributed by atoms with Crippen molar-refractivity contribution in [3.8, 4) is 0 Å². The Hall–Kier alpha value is -0.750. The minimum absolute atomic E-state index is 0.0159. The van der Waals surface area contributed by atoms with Gasteiger partial charge in [0.15, 0.2) is 0 Å². The molecular formula is C9H15N3O2S. The Balaban J connectivity index is 1.84. The first-order chi connectivity index (χ1) is 7.31. The maximum Gasteiger partial charge on any atom is 0.240 e. The molecule has 0 bridgehead atoms. The lowest BCUT2D eigenvalue weighted by molar-refractivity contribution is -0.136. The highest BCUT2D eigenvalue weighted by Crippen LogP contribution is 2.12. The van der Waals surface area contributed by atoms with Crippen LogP contribution >= 0.6 is 11.8 Å². The zero-order chi connectivity index (χ0) is 10.7. The van der Waals surface area contributed by atoms with Gasteiger partial charge in [-0.25, -0.2) is 0 Å². The van der Waals surface area contributed by atoms with E-state index in [0.717, 1.165) is 18.0 Å². The van der Waals surface area contributed by atoms with Gasteiger partial charge in [0.25, 0.3) is 0 Å². The molecule has 0 aliphatic carbocycles. The summed E-state index contributed by atoms with van der Waals surface area (Å²) >= 11 is 1.75. The lowest BCUT2D eigenvalue weighted by Gasteiger charge is -2.33. The Labute approximate surface area is 93.2 Å². The van der Waals surface area contributed by atoms with Crippen molar-refractivity contribution in [2.24, 2.45) is 0 Å². The van der Waals surface area contributed by atoms with E-state index in [2.05, 4.69) is 5.32 Å². The molecule has 15 heavy (non-hydrogen) atoms. The smallest absolute Gasteiger partial charge is 0.240 e. The van der Waals surface area contributed by atoms with E-state index in [4.69, 9.17) is 0 Å². The number of hydrogen-bond donors (Lipinski definition) is 1. The Kier molecular flexibility index (Phi) is 3.48. The molecule has 2 fully saturated rings. The number of amides is 2. The third kappa shape index (κ3) is 2.43. The zero-order valence-corrected chi connectivity index (χ0v) is 9.33. The molecule has 2 saturated heterocycles. The third-order valence-electron chi connectivity index (χ3n) is 2.79. The van der Waals surface area contributed by atoms with E-state index in [9.17, 15) is 9.59 Å². The Morgan fingerprint density at radius 1 is 1.33 bits per heavy atom. The van der Waals surface area contributed by atoms with Crippen LogP contribution in [0.3, 0.4) is 0 Å². The van der Waals surface area contributed by atoms with Crippen LogP contribution in [0.4, 0.5) is 0 Å². The molecule has 2 aliphatic rings. The summed E-state index contributed by atoms with van der Waals surface area (Å²) < 4.78 is 0. The highest BCUT2D eigenvalue weighted by atomic mass is 32.2. The number of piperazine rings is 1. The maximum atomic E-state index is 11.9. The molecule has 0 aromatic rings.